The topological polar surface area (TPSA) is 104 Å². The van der Waals surface area contributed by atoms with Crippen molar-refractivity contribution >= 4 is 40.9 Å². The lowest BCUT2D eigenvalue weighted by Gasteiger charge is -2.18. The third kappa shape index (κ3) is 5.43. The third-order valence-corrected chi connectivity index (χ3v) is 6.32. The summed E-state index contributed by atoms with van der Waals surface area (Å²) in [6.45, 7) is 1.41. The second-order valence-electron chi connectivity index (χ2n) is 7.72. The molecule has 0 spiro atoms. The Labute approximate surface area is 194 Å². The van der Waals surface area contributed by atoms with Crippen LogP contribution >= 0.6 is 11.8 Å². The zero-order chi connectivity index (χ0) is 23.4. The normalized spacial score (nSPS) is 17.2. The van der Waals surface area contributed by atoms with E-state index in [-0.39, 0.29) is 29.5 Å². The zero-order valence-electron chi connectivity index (χ0n) is 17.7. The number of aromatic carboxylic acids is 1. The van der Waals surface area contributed by atoms with Crippen LogP contribution in [0.3, 0.4) is 0 Å². The molecule has 2 aromatic rings. The summed E-state index contributed by atoms with van der Waals surface area (Å²) in [5.41, 5.74) is 1.78. The molecule has 33 heavy (non-hydrogen) atoms. The molecular weight excluding hydrogens is 444 g/mol. The van der Waals surface area contributed by atoms with Crippen LogP contribution in [0.25, 0.3) is 6.08 Å². The highest BCUT2D eigenvalue weighted by Gasteiger charge is 2.37. The van der Waals surface area contributed by atoms with E-state index in [1.807, 2.05) is 0 Å². The molecule has 0 bridgehead atoms. The predicted octanol–water partition coefficient (Wildman–Crippen LogP) is 3.62. The minimum Gasteiger partial charge on any atom is -0.489 e. The Morgan fingerprint density at radius 2 is 1.67 bits per heavy atom. The highest BCUT2D eigenvalue weighted by Crippen LogP contribution is 2.32. The Morgan fingerprint density at radius 3 is 2.30 bits per heavy atom. The summed E-state index contributed by atoms with van der Waals surface area (Å²) in [6, 6.07) is 13.5. The van der Waals surface area contributed by atoms with Crippen LogP contribution in [-0.4, -0.2) is 57.6 Å². The maximum absolute atomic E-state index is 12.6. The van der Waals surface area contributed by atoms with Gasteiger partial charge in [-0.3, -0.25) is 19.3 Å². The molecule has 2 saturated heterocycles. The van der Waals surface area contributed by atoms with Crippen molar-refractivity contribution in [2.75, 3.05) is 19.6 Å². The average molecular weight is 467 g/mol. The van der Waals surface area contributed by atoms with Crippen LogP contribution in [0, 0.1) is 0 Å². The van der Waals surface area contributed by atoms with E-state index in [1.54, 1.807) is 47.4 Å². The fraction of sp³-hybridized carbons (Fsp3) is 0.250. The summed E-state index contributed by atoms with van der Waals surface area (Å²) in [5, 5.41) is 8.51. The Morgan fingerprint density at radius 1 is 1.00 bits per heavy atom. The van der Waals surface area contributed by atoms with Crippen LogP contribution in [0.4, 0.5) is 4.79 Å². The van der Waals surface area contributed by atoms with Gasteiger partial charge in [-0.15, -0.1) is 0 Å². The van der Waals surface area contributed by atoms with Gasteiger partial charge in [-0.2, -0.15) is 0 Å². The van der Waals surface area contributed by atoms with Crippen LogP contribution < -0.4 is 4.74 Å². The van der Waals surface area contributed by atoms with Crippen LogP contribution in [0.15, 0.2) is 53.4 Å². The van der Waals surface area contributed by atoms with Crippen LogP contribution in [-0.2, 0) is 16.2 Å². The lowest BCUT2D eigenvalue weighted by Crippen LogP contribution is -2.40. The summed E-state index contributed by atoms with van der Waals surface area (Å²) in [6.07, 6.45) is 3.52. The van der Waals surface area contributed by atoms with Crippen molar-refractivity contribution in [1.82, 2.24) is 9.80 Å². The van der Waals surface area contributed by atoms with Gasteiger partial charge < -0.3 is 14.7 Å². The monoisotopic (exact) mass is 466 g/mol. The van der Waals surface area contributed by atoms with Crippen molar-refractivity contribution < 1.29 is 29.0 Å². The Bertz CT molecular complexity index is 1100. The second-order valence-corrected chi connectivity index (χ2v) is 8.71. The maximum Gasteiger partial charge on any atom is 0.335 e. The molecule has 2 aromatic carbocycles. The van der Waals surface area contributed by atoms with Gasteiger partial charge in [0.2, 0.25) is 5.91 Å². The largest absolute Gasteiger partial charge is 0.489 e. The van der Waals surface area contributed by atoms with E-state index in [9.17, 15) is 19.2 Å². The highest BCUT2D eigenvalue weighted by molar-refractivity contribution is 8.18. The standard InChI is InChI=1S/C24H22N2O6S/c27-21(25-11-1-2-12-25)14-26-22(28)20(33-24(26)31)13-16-5-9-19(10-6-16)32-15-17-3-7-18(8-4-17)23(29)30/h3-10,13H,1-2,11-12,14-15H2,(H,29,30). The number of benzene rings is 2. The first-order valence-electron chi connectivity index (χ1n) is 10.5. The minimum absolute atomic E-state index is 0.199. The molecule has 0 radical (unpaired) electrons. The minimum atomic E-state index is -0.978. The molecule has 170 valence electrons. The van der Waals surface area contributed by atoms with Crippen molar-refractivity contribution in [2.45, 2.75) is 19.4 Å². The van der Waals surface area contributed by atoms with Crippen LogP contribution in [0.1, 0.15) is 34.3 Å². The number of hydrogen-bond acceptors (Lipinski definition) is 6. The smallest absolute Gasteiger partial charge is 0.335 e. The summed E-state index contributed by atoms with van der Waals surface area (Å²) in [4.78, 5) is 51.1. The highest BCUT2D eigenvalue weighted by atomic mass is 32.2. The lowest BCUT2D eigenvalue weighted by molar-refractivity contribution is -0.135. The number of amides is 3. The van der Waals surface area contributed by atoms with Gasteiger partial charge >= 0.3 is 5.97 Å². The van der Waals surface area contributed by atoms with Crippen molar-refractivity contribution in [2.24, 2.45) is 0 Å². The molecule has 4 rings (SSSR count). The average Bonchev–Trinajstić information content (AvgIpc) is 3.44. The molecule has 2 heterocycles. The van der Waals surface area contributed by atoms with Crippen molar-refractivity contribution in [1.29, 1.82) is 0 Å². The number of imide groups is 1. The van der Waals surface area contributed by atoms with Gasteiger partial charge in [-0.05, 0) is 66.1 Å². The van der Waals surface area contributed by atoms with E-state index in [0.717, 1.165) is 40.6 Å². The molecule has 8 nitrogen and oxygen atoms in total. The molecule has 2 aliphatic rings. The number of ether oxygens (including phenoxy) is 1. The van der Waals surface area contributed by atoms with Crippen molar-refractivity contribution in [3.8, 4) is 5.75 Å². The number of rotatable bonds is 7. The Balaban J connectivity index is 1.35. The van der Waals surface area contributed by atoms with E-state index in [2.05, 4.69) is 0 Å². The van der Waals surface area contributed by atoms with Gasteiger partial charge in [0, 0.05) is 13.1 Å². The molecule has 9 heteroatoms. The maximum atomic E-state index is 12.6. The Hall–Kier alpha value is -3.59. The number of nitrogens with zero attached hydrogens (tertiary/aromatic N) is 2. The molecule has 1 N–H and O–H groups in total. The number of carboxylic acid groups (broad SMARTS) is 1. The van der Waals surface area contributed by atoms with Gasteiger partial charge in [-0.1, -0.05) is 24.3 Å². The van der Waals surface area contributed by atoms with Crippen LogP contribution in [0.5, 0.6) is 5.75 Å². The second kappa shape index (κ2) is 9.91. The van der Waals surface area contributed by atoms with E-state index in [1.165, 1.54) is 12.1 Å². The summed E-state index contributed by atoms with van der Waals surface area (Å²) < 4.78 is 5.72. The summed E-state index contributed by atoms with van der Waals surface area (Å²) in [7, 11) is 0. The van der Waals surface area contributed by atoms with Crippen molar-refractivity contribution in [3.05, 3.63) is 70.1 Å². The Kier molecular flexibility index (Phi) is 6.79. The number of carbonyl (C=O) groups excluding carboxylic acids is 3. The molecule has 2 aliphatic heterocycles. The van der Waals surface area contributed by atoms with Gasteiger partial charge in [-0.25, -0.2) is 4.79 Å². The number of thioether (sulfide) groups is 1. The molecule has 0 saturated carbocycles. The molecule has 0 unspecified atom stereocenters. The first-order valence-corrected chi connectivity index (χ1v) is 11.3. The van der Waals surface area contributed by atoms with Gasteiger partial charge in [0.25, 0.3) is 11.1 Å². The van der Waals surface area contributed by atoms with Gasteiger partial charge in [0.15, 0.2) is 0 Å². The number of hydrogen-bond donors (Lipinski definition) is 1. The summed E-state index contributed by atoms with van der Waals surface area (Å²) >= 11 is 0.831. The van der Waals surface area contributed by atoms with E-state index in [4.69, 9.17) is 9.84 Å². The van der Waals surface area contributed by atoms with E-state index >= 15 is 0 Å². The first-order chi connectivity index (χ1) is 15.9. The summed E-state index contributed by atoms with van der Waals surface area (Å²) in [5.74, 6) is -1.02. The first kappa shape index (κ1) is 22.6. The fourth-order valence-electron chi connectivity index (χ4n) is 3.56. The molecule has 0 atom stereocenters. The van der Waals surface area contributed by atoms with E-state index < -0.39 is 17.1 Å². The zero-order valence-corrected chi connectivity index (χ0v) is 18.5. The predicted molar refractivity (Wildman–Crippen MR) is 123 cm³/mol. The van der Waals surface area contributed by atoms with E-state index in [0.29, 0.717) is 18.8 Å². The van der Waals surface area contributed by atoms with Gasteiger partial charge in [0.05, 0.1) is 10.5 Å². The molecule has 3 amide bonds. The third-order valence-electron chi connectivity index (χ3n) is 5.41. The van der Waals surface area contributed by atoms with Gasteiger partial charge in [0.1, 0.15) is 18.9 Å². The molecule has 0 aromatic heterocycles. The molecule has 0 aliphatic carbocycles. The SMILES string of the molecule is O=C(O)c1ccc(COc2ccc(C=C3SC(=O)N(CC(=O)N4CCCC4)C3=O)cc2)cc1. The number of likely N-dealkylation sites (tertiary alicyclic amines) is 1. The quantitative estimate of drug-likeness (QED) is 0.622. The lowest BCUT2D eigenvalue weighted by atomic mass is 10.1. The fourth-order valence-corrected chi connectivity index (χ4v) is 4.40. The number of carboxylic acids is 1. The van der Waals surface area contributed by atoms with Crippen LogP contribution in [0.2, 0.25) is 0 Å². The number of carbonyl (C=O) groups is 4. The molecule has 2 fully saturated rings. The van der Waals surface area contributed by atoms with Crippen molar-refractivity contribution in [3.63, 3.8) is 0 Å². The molecular formula is C24H22N2O6S.